The Morgan fingerprint density at radius 2 is 2.05 bits per heavy atom. The average Bonchev–Trinajstić information content (AvgIpc) is 3.33. The fourth-order valence-corrected chi connectivity index (χ4v) is 6.60. The van der Waals surface area contributed by atoms with Crippen LogP contribution in [0.2, 0.25) is 5.02 Å². The number of allylic oxidation sites excluding steroid dienone is 1. The van der Waals surface area contributed by atoms with Gasteiger partial charge in [-0.3, -0.25) is 9.36 Å². The van der Waals surface area contributed by atoms with Gasteiger partial charge < -0.3 is 10.1 Å². The van der Waals surface area contributed by atoms with E-state index in [2.05, 4.69) is 28.2 Å². The fourth-order valence-electron chi connectivity index (χ4n) is 4.48. The molecule has 0 spiro atoms. The predicted octanol–water partition coefficient (Wildman–Crippen LogP) is 6.81. The number of carbonyl (C=O) groups is 1. The highest BCUT2D eigenvalue weighted by Gasteiger charge is 2.23. The topological polar surface area (TPSA) is 92.8 Å². The minimum atomic E-state index is -0.379. The van der Waals surface area contributed by atoms with Gasteiger partial charge in [0.1, 0.15) is 16.8 Å². The summed E-state index contributed by atoms with van der Waals surface area (Å²) < 4.78 is 8.06. The number of rotatable bonds is 9. The molecular weight excluding hydrogens is 526 g/mol. The summed E-state index contributed by atoms with van der Waals surface area (Å²) in [5.74, 6) is 1.31. The van der Waals surface area contributed by atoms with Crippen LogP contribution in [0.4, 0.5) is 5.00 Å². The number of nitriles is 1. The van der Waals surface area contributed by atoms with E-state index in [0.717, 1.165) is 47.4 Å². The number of aryl methyl sites for hydroxylation is 3. The van der Waals surface area contributed by atoms with E-state index in [1.165, 1.54) is 34.4 Å². The number of halogens is 1. The Hall–Kier alpha value is -2.80. The second-order valence-electron chi connectivity index (χ2n) is 9.09. The zero-order valence-electron chi connectivity index (χ0n) is 21.3. The summed E-state index contributed by atoms with van der Waals surface area (Å²) in [4.78, 5) is 14.1. The van der Waals surface area contributed by atoms with Crippen molar-refractivity contribution in [1.82, 2.24) is 14.8 Å². The zero-order chi connectivity index (χ0) is 26.5. The van der Waals surface area contributed by atoms with E-state index in [-0.39, 0.29) is 17.8 Å². The summed E-state index contributed by atoms with van der Waals surface area (Å²) in [6.07, 6.45) is 6.66. The lowest BCUT2D eigenvalue weighted by Gasteiger charge is -2.17. The maximum absolute atomic E-state index is 12.8. The Morgan fingerprint density at radius 3 is 2.76 bits per heavy atom. The number of hydrogen-bond donors (Lipinski definition) is 1. The molecule has 1 aliphatic carbocycles. The number of benzene rings is 1. The molecule has 1 atom stereocenters. The average molecular weight is 556 g/mol. The summed E-state index contributed by atoms with van der Waals surface area (Å²) >= 11 is 9.12. The third-order valence-electron chi connectivity index (χ3n) is 6.26. The van der Waals surface area contributed by atoms with Crippen molar-refractivity contribution in [3.05, 3.63) is 62.8 Å². The van der Waals surface area contributed by atoms with Crippen molar-refractivity contribution in [2.24, 2.45) is 0 Å². The molecular formula is C27H30ClN5O2S2. The first-order chi connectivity index (χ1) is 17.8. The van der Waals surface area contributed by atoms with Crippen molar-refractivity contribution in [3.8, 4) is 11.8 Å². The number of fused-ring (bicyclic) bond motifs is 1. The molecule has 1 aromatic carbocycles. The number of carbonyl (C=O) groups excluding carboxylic acids is 1. The van der Waals surface area contributed by atoms with Crippen LogP contribution >= 0.6 is 34.7 Å². The molecule has 0 radical (unpaired) electrons. The minimum absolute atomic E-state index is 0.146. The van der Waals surface area contributed by atoms with Crippen LogP contribution in [-0.4, -0.2) is 26.4 Å². The first kappa shape index (κ1) is 27.2. The molecule has 1 aliphatic rings. The van der Waals surface area contributed by atoms with Crippen LogP contribution in [0.3, 0.4) is 0 Å². The third kappa shape index (κ3) is 6.20. The number of nitrogens with zero attached hydrogens (tertiary/aromatic N) is 4. The molecule has 0 saturated heterocycles. The van der Waals surface area contributed by atoms with E-state index >= 15 is 0 Å². The molecule has 0 fully saturated rings. The number of amides is 1. The summed E-state index contributed by atoms with van der Waals surface area (Å²) in [5, 5.41) is 23.4. The number of thioether (sulfide) groups is 1. The molecule has 37 heavy (non-hydrogen) atoms. The zero-order valence-corrected chi connectivity index (χ0v) is 23.7. The lowest BCUT2D eigenvalue weighted by molar-refractivity contribution is -0.113. The number of anilines is 1. The summed E-state index contributed by atoms with van der Waals surface area (Å²) in [7, 11) is 0. The summed E-state index contributed by atoms with van der Waals surface area (Å²) in [6, 6.07) is 6.12. The number of aromatic nitrogens is 3. The van der Waals surface area contributed by atoms with Gasteiger partial charge in [-0.1, -0.05) is 35.9 Å². The molecule has 1 N–H and O–H groups in total. The highest BCUT2D eigenvalue weighted by atomic mass is 35.5. The number of thiophene rings is 1. The molecule has 0 saturated carbocycles. The van der Waals surface area contributed by atoms with Gasteiger partial charge in [0.15, 0.2) is 17.1 Å². The Kier molecular flexibility index (Phi) is 8.95. The first-order valence-corrected chi connectivity index (χ1v) is 14.4. The van der Waals surface area contributed by atoms with Gasteiger partial charge in [0.2, 0.25) is 5.91 Å². The van der Waals surface area contributed by atoms with Gasteiger partial charge in [-0.15, -0.1) is 28.1 Å². The van der Waals surface area contributed by atoms with Gasteiger partial charge in [0.05, 0.1) is 11.3 Å². The smallest absolute Gasteiger partial charge is 0.235 e. The van der Waals surface area contributed by atoms with Gasteiger partial charge >= 0.3 is 0 Å². The van der Waals surface area contributed by atoms with E-state index in [0.29, 0.717) is 33.8 Å². The van der Waals surface area contributed by atoms with Gasteiger partial charge in [-0.2, -0.15) is 5.26 Å². The quantitative estimate of drug-likeness (QED) is 0.177. The van der Waals surface area contributed by atoms with Crippen molar-refractivity contribution < 1.29 is 9.53 Å². The lowest BCUT2D eigenvalue weighted by atomic mass is 10.1. The third-order valence-corrected chi connectivity index (χ3v) is 9.03. The number of nitrogens with one attached hydrogen (secondary N) is 1. The van der Waals surface area contributed by atoms with Crippen LogP contribution < -0.4 is 10.1 Å². The molecule has 0 bridgehead atoms. The molecule has 2 aromatic heterocycles. The molecule has 1 unspecified atom stereocenters. The first-order valence-electron chi connectivity index (χ1n) is 12.3. The monoisotopic (exact) mass is 555 g/mol. The Labute approximate surface area is 230 Å². The van der Waals surface area contributed by atoms with Crippen molar-refractivity contribution in [1.29, 1.82) is 5.26 Å². The standard InChI is InChI=1S/C27H30ClN5O2S2/c1-5-11-33-25(18(4)35-19-12-16(2)24(28)17(3)13-19)31-32-27(33)36-15-23(34)30-26-21(14-29)20-9-7-6-8-10-22(20)37-26/h5,12-13,18H,1,6-11,15H2,2-4H3,(H,30,34). The number of hydrogen-bond acceptors (Lipinski definition) is 7. The second kappa shape index (κ2) is 12.2. The van der Waals surface area contributed by atoms with Crippen LogP contribution in [0.15, 0.2) is 29.9 Å². The van der Waals surface area contributed by atoms with E-state index in [1.807, 2.05) is 37.5 Å². The van der Waals surface area contributed by atoms with Gasteiger partial charge in [0.25, 0.3) is 0 Å². The van der Waals surface area contributed by atoms with Crippen molar-refractivity contribution in [2.45, 2.75) is 70.7 Å². The molecule has 7 nitrogen and oxygen atoms in total. The minimum Gasteiger partial charge on any atom is -0.483 e. The molecule has 2 heterocycles. The highest BCUT2D eigenvalue weighted by molar-refractivity contribution is 7.99. The Bertz CT molecular complexity index is 1330. The SMILES string of the molecule is C=CCn1c(SCC(=O)Nc2sc3c(c2C#N)CCCCC3)nnc1C(C)Oc1cc(C)c(Cl)c(C)c1. The molecule has 1 amide bonds. The molecule has 10 heteroatoms. The van der Waals surface area contributed by atoms with Crippen LogP contribution in [0, 0.1) is 25.2 Å². The van der Waals surface area contributed by atoms with Gasteiger partial charge in [0, 0.05) is 16.4 Å². The maximum Gasteiger partial charge on any atom is 0.235 e. The summed E-state index contributed by atoms with van der Waals surface area (Å²) in [6.45, 7) is 10.1. The van der Waals surface area contributed by atoms with E-state index < -0.39 is 0 Å². The fraction of sp³-hybridized carbons (Fsp3) is 0.407. The largest absolute Gasteiger partial charge is 0.483 e. The summed E-state index contributed by atoms with van der Waals surface area (Å²) in [5.41, 5.74) is 3.63. The Balaban J connectivity index is 1.45. The molecule has 0 aliphatic heterocycles. The van der Waals surface area contributed by atoms with Crippen LogP contribution in [0.5, 0.6) is 5.75 Å². The van der Waals surface area contributed by atoms with Crippen molar-refractivity contribution in [2.75, 3.05) is 11.1 Å². The lowest BCUT2D eigenvalue weighted by Crippen LogP contribution is -2.15. The van der Waals surface area contributed by atoms with E-state index in [9.17, 15) is 10.1 Å². The highest BCUT2D eigenvalue weighted by Crippen LogP contribution is 2.37. The van der Waals surface area contributed by atoms with E-state index in [4.69, 9.17) is 16.3 Å². The van der Waals surface area contributed by atoms with Gasteiger partial charge in [-0.25, -0.2) is 0 Å². The molecule has 3 aromatic rings. The molecule has 4 rings (SSSR count). The van der Waals surface area contributed by atoms with Gasteiger partial charge in [-0.05, 0) is 75.3 Å². The van der Waals surface area contributed by atoms with Crippen LogP contribution in [0.25, 0.3) is 0 Å². The second-order valence-corrected chi connectivity index (χ2v) is 11.5. The van der Waals surface area contributed by atoms with Crippen LogP contribution in [0.1, 0.15) is 65.2 Å². The molecule has 194 valence electrons. The predicted molar refractivity (Wildman–Crippen MR) is 150 cm³/mol. The van der Waals surface area contributed by atoms with Crippen molar-refractivity contribution >= 4 is 45.6 Å². The van der Waals surface area contributed by atoms with E-state index in [1.54, 1.807) is 6.08 Å². The van der Waals surface area contributed by atoms with Crippen LogP contribution in [-0.2, 0) is 24.2 Å². The number of ether oxygens (including phenoxy) is 1. The normalized spacial score (nSPS) is 13.8. The maximum atomic E-state index is 12.8. The van der Waals surface area contributed by atoms with Crippen molar-refractivity contribution in [3.63, 3.8) is 0 Å². The Morgan fingerprint density at radius 1 is 1.32 bits per heavy atom.